The summed E-state index contributed by atoms with van der Waals surface area (Å²) >= 11 is 0. The highest BCUT2D eigenvalue weighted by Crippen LogP contribution is 2.67. The molecular weight excluding hydrogens is 340 g/mol. The van der Waals surface area contributed by atoms with Gasteiger partial charge in [-0.3, -0.25) is 4.98 Å². The molecule has 0 spiro atoms. The Balaban J connectivity index is 1.40. The molecule has 1 unspecified atom stereocenters. The van der Waals surface area contributed by atoms with Crippen molar-refractivity contribution in [2.45, 2.75) is 71.3 Å². The number of hydrogen-bond acceptors (Lipinski definition) is 2. The molecule has 2 heteroatoms. The Morgan fingerprint density at radius 1 is 1.04 bits per heavy atom. The number of nitrogens with zero attached hydrogens (tertiary/aromatic N) is 2. The lowest BCUT2D eigenvalue weighted by atomic mass is 9.44. The van der Waals surface area contributed by atoms with Gasteiger partial charge in [-0.25, -0.2) is 0 Å². The van der Waals surface area contributed by atoms with Crippen molar-refractivity contribution in [3.05, 3.63) is 36.2 Å². The summed E-state index contributed by atoms with van der Waals surface area (Å²) in [4.78, 5) is 6.91. The van der Waals surface area contributed by atoms with Crippen LogP contribution >= 0.6 is 0 Å². The van der Waals surface area contributed by atoms with Crippen molar-refractivity contribution in [3.63, 3.8) is 0 Å². The van der Waals surface area contributed by atoms with Crippen molar-refractivity contribution >= 4 is 5.57 Å². The van der Waals surface area contributed by atoms with Gasteiger partial charge < -0.3 is 4.90 Å². The Morgan fingerprint density at radius 3 is 2.64 bits per heavy atom. The Labute approximate surface area is 171 Å². The van der Waals surface area contributed by atoms with Crippen LogP contribution in [0.25, 0.3) is 5.57 Å². The maximum absolute atomic E-state index is 4.42. The maximum Gasteiger partial charge on any atom is 0.0343 e. The second-order valence-electron chi connectivity index (χ2n) is 11.1. The summed E-state index contributed by atoms with van der Waals surface area (Å²) in [5, 5.41) is 0. The number of aromatic nitrogens is 1. The van der Waals surface area contributed by atoms with Gasteiger partial charge in [-0.1, -0.05) is 26.0 Å². The minimum absolute atomic E-state index is 0.369. The van der Waals surface area contributed by atoms with Gasteiger partial charge in [0.15, 0.2) is 0 Å². The Kier molecular flexibility index (Phi) is 4.50. The minimum Gasteiger partial charge on any atom is -0.306 e. The summed E-state index contributed by atoms with van der Waals surface area (Å²) in [6.07, 6.45) is 17.9. The predicted octanol–water partition coefficient (Wildman–Crippen LogP) is 6.05. The lowest BCUT2D eigenvalue weighted by molar-refractivity contribution is -0.106. The van der Waals surface area contributed by atoms with Gasteiger partial charge in [0.2, 0.25) is 0 Å². The van der Waals surface area contributed by atoms with Crippen molar-refractivity contribution in [1.82, 2.24) is 9.88 Å². The van der Waals surface area contributed by atoms with E-state index in [2.05, 4.69) is 62.2 Å². The maximum atomic E-state index is 4.42. The number of hydrogen-bond donors (Lipinski definition) is 0. The monoisotopic (exact) mass is 378 g/mol. The molecule has 0 bridgehead atoms. The summed E-state index contributed by atoms with van der Waals surface area (Å²) in [5.74, 6) is 3.69. The fourth-order valence-electron chi connectivity index (χ4n) is 8.24. The smallest absolute Gasteiger partial charge is 0.0343 e. The van der Waals surface area contributed by atoms with E-state index in [-0.39, 0.29) is 0 Å². The van der Waals surface area contributed by atoms with Gasteiger partial charge >= 0.3 is 0 Å². The van der Waals surface area contributed by atoms with Crippen molar-refractivity contribution in [2.24, 2.45) is 34.5 Å². The van der Waals surface area contributed by atoms with Gasteiger partial charge in [0.25, 0.3) is 0 Å². The highest BCUT2D eigenvalue weighted by Gasteiger charge is 2.58. The SMILES string of the molecule is CN(C)[C@H]1CC[C@@]2(C)[C@@H](CCC3[C@@H]2CC[C@]2(C)C(c4cccnc4)=CC[C@@H]32)C1. The van der Waals surface area contributed by atoms with Crippen LogP contribution in [0.4, 0.5) is 0 Å². The Hall–Kier alpha value is -1.15. The molecule has 0 amide bonds. The molecule has 4 aliphatic carbocycles. The van der Waals surface area contributed by atoms with E-state index in [1.165, 1.54) is 56.9 Å². The Morgan fingerprint density at radius 2 is 1.89 bits per heavy atom. The van der Waals surface area contributed by atoms with Gasteiger partial charge in [-0.15, -0.1) is 0 Å². The first-order valence-electron chi connectivity index (χ1n) is 11.7. The molecule has 0 N–H and O–H groups in total. The third-order valence-electron chi connectivity index (χ3n) is 9.92. The van der Waals surface area contributed by atoms with Crippen molar-refractivity contribution in [2.75, 3.05) is 14.1 Å². The second-order valence-corrected chi connectivity index (χ2v) is 11.1. The first-order valence-corrected chi connectivity index (χ1v) is 11.7. The van der Waals surface area contributed by atoms with E-state index >= 15 is 0 Å². The van der Waals surface area contributed by atoms with Crippen LogP contribution in [0.1, 0.15) is 70.8 Å². The Bertz CT molecular complexity index is 753. The topological polar surface area (TPSA) is 16.1 Å². The van der Waals surface area contributed by atoms with E-state index < -0.39 is 0 Å². The fraction of sp³-hybridized carbons (Fsp3) is 0.731. The average Bonchev–Trinajstić information content (AvgIpc) is 3.05. The first-order chi connectivity index (χ1) is 13.4. The molecular formula is C26H38N2. The first kappa shape index (κ1) is 18.9. The van der Waals surface area contributed by atoms with E-state index in [9.17, 15) is 0 Å². The molecule has 3 fully saturated rings. The van der Waals surface area contributed by atoms with Crippen LogP contribution in [0.3, 0.4) is 0 Å². The zero-order chi connectivity index (χ0) is 19.5. The number of fused-ring (bicyclic) bond motifs is 5. The molecule has 7 atom stereocenters. The largest absolute Gasteiger partial charge is 0.306 e. The lowest BCUT2D eigenvalue weighted by Crippen LogP contribution is -2.54. The summed E-state index contributed by atoms with van der Waals surface area (Å²) < 4.78 is 0. The molecule has 1 heterocycles. The molecule has 0 aliphatic heterocycles. The molecule has 1 aromatic heterocycles. The lowest BCUT2D eigenvalue weighted by Gasteiger charge is -2.61. The van der Waals surface area contributed by atoms with E-state index in [1.54, 1.807) is 5.57 Å². The molecule has 152 valence electrons. The zero-order valence-corrected chi connectivity index (χ0v) is 18.3. The standard InChI is InChI=1S/C26H38N2/c1-25-13-11-20(28(3)4)16-19(25)7-8-21-23-10-9-22(18-6-5-15-27-17-18)26(23,2)14-12-24(21)25/h5-6,9,15,17,19-21,23-24H,7-8,10-14,16H2,1-4H3/t19-,20-,21?,23-,24-,25-,26+/m0/s1. The van der Waals surface area contributed by atoms with E-state index in [0.717, 1.165) is 29.7 Å². The summed E-state index contributed by atoms with van der Waals surface area (Å²) in [5.41, 5.74) is 3.94. The molecule has 0 radical (unpaired) electrons. The fourth-order valence-corrected chi connectivity index (χ4v) is 8.24. The van der Waals surface area contributed by atoms with Crippen LogP contribution in [0.5, 0.6) is 0 Å². The summed E-state index contributed by atoms with van der Waals surface area (Å²) in [6, 6.07) is 5.20. The highest BCUT2D eigenvalue weighted by molar-refractivity contribution is 5.72. The normalized spacial score (nSPS) is 45.2. The zero-order valence-electron chi connectivity index (χ0n) is 18.3. The van der Waals surface area contributed by atoms with Crippen LogP contribution in [0.2, 0.25) is 0 Å². The van der Waals surface area contributed by atoms with Crippen LogP contribution in [0, 0.1) is 34.5 Å². The second kappa shape index (κ2) is 6.69. The molecule has 1 aromatic rings. The molecule has 28 heavy (non-hydrogen) atoms. The molecule has 3 saturated carbocycles. The van der Waals surface area contributed by atoms with Crippen LogP contribution < -0.4 is 0 Å². The molecule has 5 rings (SSSR count). The van der Waals surface area contributed by atoms with Crippen LogP contribution in [0.15, 0.2) is 30.6 Å². The van der Waals surface area contributed by atoms with Crippen LogP contribution in [-0.2, 0) is 0 Å². The number of rotatable bonds is 2. The van der Waals surface area contributed by atoms with Crippen molar-refractivity contribution < 1.29 is 0 Å². The minimum atomic E-state index is 0.369. The molecule has 2 nitrogen and oxygen atoms in total. The quantitative estimate of drug-likeness (QED) is 0.623. The van der Waals surface area contributed by atoms with Crippen molar-refractivity contribution in [1.29, 1.82) is 0 Å². The molecule has 4 aliphatic rings. The predicted molar refractivity (Wildman–Crippen MR) is 117 cm³/mol. The molecule has 0 saturated heterocycles. The van der Waals surface area contributed by atoms with Crippen LogP contribution in [-0.4, -0.2) is 30.0 Å². The van der Waals surface area contributed by atoms with E-state index in [4.69, 9.17) is 0 Å². The van der Waals surface area contributed by atoms with Gasteiger partial charge in [-0.2, -0.15) is 0 Å². The van der Waals surface area contributed by atoms with Gasteiger partial charge in [0.05, 0.1) is 0 Å². The number of allylic oxidation sites excluding steroid dienone is 2. The van der Waals surface area contributed by atoms with E-state index in [1.807, 2.05) is 6.20 Å². The average molecular weight is 379 g/mol. The summed E-state index contributed by atoms with van der Waals surface area (Å²) in [7, 11) is 4.57. The van der Waals surface area contributed by atoms with E-state index in [0.29, 0.717) is 10.8 Å². The van der Waals surface area contributed by atoms with Crippen molar-refractivity contribution in [3.8, 4) is 0 Å². The van der Waals surface area contributed by atoms with Gasteiger partial charge in [0.1, 0.15) is 0 Å². The third-order valence-corrected chi connectivity index (χ3v) is 9.92. The molecule has 0 aromatic carbocycles. The highest BCUT2D eigenvalue weighted by atomic mass is 15.1. The summed E-state index contributed by atoms with van der Waals surface area (Å²) in [6.45, 7) is 5.27. The number of pyridine rings is 1. The van der Waals surface area contributed by atoms with Gasteiger partial charge in [-0.05, 0) is 117 Å². The van der Waals surface area contributed by atoms with Gasteiger partial charge in [0, 0.05) is 18.4 Å². The third kappa shape index (κ3) is 2.66.